The van der Waals surface area contributed by atoms with Gasteiger partial charge in [-0.05, 0) is 6.07 Å². The molecule has 8 nitrogen and oxygen atoms in total. The fourth-order valence-electron chi connectivity index (χ4n) is 1.15. The van der Waals surface area contributed by atoms with E-state index in [-0.39, 0.29) is 11.3 Å². The minimum absolute atomic E-state index is 0.111. The zero-order valence-corrected chi connectivity index (χ0v) is 8.95. The van der Waals surface area contributed by atoms with Crippen LogP contribution < -0.4 is 15.5 Å². The molecule has 0 fully saturated rings. The fourth-order valence-corrected chi connectivity index (χ4v) is 1.15. The summed E-state index contributed by atoms with van der Waals surface area (Å²) < 4.78 is 0. The van der Waals surface area contributed by atoms with Crippen LogP contribution in [0.15, 0.2) is 18.5 Å². The first-order valence-electron chi connectivity index (χ1n) is 4.75. The predicted octanol–water partition coefficient (Wildman–Crippen LogP) is -3.22. The van der Waals surface area contributed by atoms with Gasteiger partial charge in [0, 0.05) is 18.6 Å². The van der Waals surface area contributed by atoms with Gasteiger partial charge in [-0.3, -0.25) is 9.78 Å². The van der Waals surface area contributed by atoms with Crippen molar-refractivity contribution >= 4 is 17.8 Å². The van der Waals surface area contributed by atoms with Crippen molar-refractivity contribution in [2.75, 3.05) is 0 Å². The number of pyridine rings is 1. The number of hydrogen-bond donors (Lipinski definition) is 2. The van der Waals surface area contributed by atoms with E-state index in [4.69, 9.17) is 5.11 Å². The van der Waals surface area contributed by atoms with Crippen molar-refractivity contribution in [1.29, 1.82) is 0 Å². The second-order valence-corrected chi connectivity index (χ2v) is 3.35. The molecule has 0 aliphatic rings. The summed E-state index contributed by atoms with van der Waals surface area (Å²) in [5.41, 5.74) is -0.111. The first-order chi connectivity index (χ1) is 8.40. The normalized spacial score (nSPS) is 11.6. The topological polar surface area (TPSA) is 142 Å². The van der Waals surface area contributed by atoms with Crippen molar-refractivity contribution in [3.05, 3.63) is 24.0 Å². The average molecular weight is 252 g/mol. The minimum atomic E-state index is -1.75. The van der Waals surface area contributed by atoms with Gasteiger partial charge in [0.25, 0.3) is 5.91 Å². The zero-order valence-electron chi connectivity index (χ0n) is 8.95. The Labute approximate surface area is 101 Å². The second-order valence-electron chi connectivity index (χ2n) is 3.35. The lowest BCUT2D eigenvalue weighted by atomic mass is 10.2. The van der Waals surface area contributed by atoms with E-state index in [1.807, 2.05) is 5.32 Å². The van der Waals surface area contributed by atoms with Crippen LogP contribution in [-0.2, 0) is 9.59 Å². The Kier molecular flexibility index (Phi) is 4.19. The molecule has 8 heteroatoms. The summed E-state index contributed by atoms with van der Waals surface area (Å²) in [6, 6.07) is -0.668. The summed E-state index contributed by atoms with van der Waals surface area (Å²) in [6.07, 6.45) is 1.24. The molecule has 0 radical (unpaired) electrons. The van der Waals surface area contributed by atoms with Gasteiger partial charge in [-0.25, -0.2) is 0 Å². The lowest BCUT2D eigenvalue weighted by Crippen LogP contribution is -2.50. The Hall–Kier alpha value is -2.64. The zero-order chi connectivity index (χ0) is 13.7. The molecule has 0 unspecified atom stereocenters. The molecule has 96 valence electrons. The lowest BCUT2D eigenvalue weighted by Gasteiger charge is -2.19. The monoisotopic (exact) mass is 252 g/mol. The van der Waals surface area contributed by atoms with Crippen molar-refractivity contribution in [3.8, 4) is 5.75 Å². The van der Waals surface area contributed by atoms with Gasteiger partial charge < -0.3 is 30.2 Å². The summed E-state index contributed by atoms with van der Waals surface area (Å²) >= 11 is 0. The first kappa shape index (κ1) is 13.4. The lowest BCUT2D eigenvalue weighted by molar-refractivity contribution is -0.317. The van der Waals surface area contributed by atoms with Crippen LogP contribution in [0.1, 0.15) is 16.8 Å². The molecule has 0 saturated heterocycles. The van der Waals surface area contributed by atoms with Crippen molar-refractivity contribution < 1.29 is 29.7 Å². The summed E-state index contributed by atoms with van der Waals surface area (Å²) in [5.74, 6) is -4.57. The Morgan fingerprint density at radius 3 is 2.50 bits per heavy atom. The van der Waals surface area contributed by atoms with E-state index in [1.54, 1.807) is 0 Å². The largest absolute Gasteiger partial charge is 0.550 e. The molecule has 1 aromatic heterocycles. The van der Waals surface area contributed by atoms with Gasteiger partial charge in [0.15, 0.2) is 0 Å². The molecule has 0 bridgehead atoms. The molecular weight excluding hydrogens is 244 g/mol. The van der Waals surface area contributed by atoms with E-state index in [0.717, 1.165) is 18.5 Å². The molecule has 1 atom stereocenters. The summed E-state index contributed by atoms with van der Waals surface area (Å²) in [4.78, 5) is 35.9. The van der Waals surface area contributed by atoms with Crippen LogP contribution in [0.3, 0.4) is 0 Å². The number of carboxylic acid groups (broad SMARTS) is 2. The number of nitrogens with zero attached hydrogens (tertiary/aromatic N) is 1. The number of carboxylic acids is 2. The van der Waals surface area contributed by atoms with Crippen molar-refractivity contribution in [3.63, 3.8) is 0 Å². The Morgan fingerprint density at radius 1 is 1.33 bits per heavy atom. The second kappa shape index (κ2) is 5.62. The predicted molar refractivity (Wildman–Crippen MR) is 51.8 cm³/mol. The van der Waals surface area contributed by atoms with E-state index in [9.17, 15) is 24.6 Å². The number of rotatable bonds is 5. The Morgan fingerprint density at radius 2 is 2.00 bits per heavy atom. The molecule has 1 rings (SSSR count). The number of carbonyl (C=O) groups is 3. The molecule has 18 heavy (non-hydrogen) atoms. The Bertz CT molecular complexity index is 487. The highest BCUT2D eigenvalue weighted by molar-refractivity contribution is 5.97. The third kappa shape index (κ3) is 3.74. The van der Waals surface area contributed by atoms with E-state index in [2.05, 4.69) is 4.98 Å². The Balaban J connectivity index is 2.78. The molecule has 1 aromatic rings. The van der Waals surface area contributed by atoms with Crippen molar-refractivity contribution in [1.82, 2.24) is 10.3 Å². The maximum Gasteiger partial charge on any atom is 0.253 e. The van der Waals surface area contributed by atoms with Crippen LogP contribution in [-0.4, -0.2) is 34.0 Å². The van der Waals surface area contributed by atoms with Crippen LogP contribution in [0, 0.1) is 0 Å². The number of amides is 1. The maximum absolute atomic E-state index is 11.5. The highest BCUT2D eigenvalue weighted by Crippen LogP contribution is 2.08. The highest BCUT2D eigenvalue weighted by Gasteiger charge is 2.15. The molecule has 0 aromatic carbocycles. The third-order valence-corrected chi connectivity index (χ3v) is 1.95. The van der Waals surface area contributed by atoms with Crippen LogP contribution in [0.5, 0.6) is 5.75 Å². The average Bonchev–Trinajstić information content (AvgIpc) is 2.27. The van der Waals surface area contributed by atoms with E-state index < -0.39 is 30.3 Å². The quantitative estimate of drug-likeness (QED) is 0.561. The van der Waals surface area contributed by atoms with Gasteiger partial charge >= 0.3 is 0 Å². The number of aromatic hydroxyl groups is 1. The molecule has 1 heterocycles. The molecule has 1 amide bonds. The van der Waals surface area contributed by atoms with Gasteiger partial charge in [0.05, 0.1) is 23.8 Å². The van der Waals surface area contributed by atoms with Crippen LogP contribution >= 0.6 is 0 Å². The molecule has 0 aliphatic carbocycles. The van der Waals surface area contributed by atoms with Crippen LogP contribution in [0.25, 0.3) is 0 Å². The number of hydrogen-bond acceptors (Lipinski definition) is 7. The van der Waals surface area contributed by atoms with Crippen molar-refractivity contribution in [2.45, 2.75) is 12.5 Å². The number of aromatic nitrogens is 1. The fraction of sp³-hybridized carbons (Fsp3) is 0.200. The number of nitrogens with one attached hydrogen (secondary N) is 1. The smallest absolute Gasteiger partial charge is 0.253 e. The van der Waals surface area contributed by atoms with Crippen LogP contribution in [0.2, 0.25) is 0 Å². The standard InChI is InChI=1S/C10H10N2O6/c13-6-1-5(3-11-4-6)9(16)12-7(10(17)18)2-8(14)15/h1,3-4,7,13H,2H2,(H,12,16)(H,14,15)(H,17,18)/p-2/t7-/m0/s1. The van der Waals surface area contributed by atoms with E-state index in [0.29, 0.717) is 0 Å². The summed E-state index contributed by atoms with van der Waals surface area (Å²) in [6.45, 7) is 0. The summed E-state index contributed by atoms with van der Waals surface area (Å²) in [5, 5.41) is 31.9. The minimum Gasteiger partial charge on any atom is -0.550 e. The molecule has 2 N–H and O–H groups in total. The van der Waals surface area contributed by atoms with E-state index in [1.165, 1.54) is 0 Å². The van der Waals surface area contributed by atoms with Gasteiger partial charge in [-0.2, -0.15) is 0 Å². The maximum atomic E-state index is 11.5. The van der Waals surface area contributed by atoms with Gasteiger partial charge in [0.2, 0.25) is 0 Å². The SMILES string of the molecule is O=C([O-])C[C@H](NC(=O)c1cncc(O)c1)C(=O)[O-]. The molecule has 0 spiro atoms. The molecule has 0 saturated carbocycles. The van der Waals surface area contributed by atoms with E-state index >= 15 is 0 Å². The van der Waals surface area contributed by atoms with Crippen LogP contribution in [0.4, 0.5) is 0 Å². The summed E-state index contributed by atoms with van der Waals surface area (Å²) in [7, 11) is 0. The third-order valence-electron chi connectivity index (χ3n) is 1.95. The molecular formula is C10H8N2O6-2. The number of carbonyl (C=O) groups excluding carboxylic acids is 3. The van der Waals surface area contributed by atoms with Crippen molar-refractivity contribution in [2.24, 2.45) is 0 Å². The van der Waals surface area contributed by atoms with Gasteiger partial charge in [-0.1, -0.05) is 0 Å². The molecule has 0 aliphatic heterocycles. The van der Waals surface area contributed by atoms with Gasteiger partial charge in [0.1, 0.15) is 5.75 Å². The van der Waals surface area contributed by atoms with Gasteiger partial charge in [-0.15, -0.1) is 0 Å². The first-order valence-corrected chi connectivity index (χ1v) is 4.75. The number of aliphatic carboxylic acids is 2. The highest BCUT2D eigenvalue weighted by atomic mass is 16.4.